The first kappa shape index (κ1) is 23.4. The fourth-order valence-corrected chi connectivity index (χ4v) is 4.49. The maximum Gasteiger partial charge on any atom is 0.234 e. The summed E-state index contributed by atoms with van der Waals surface area (Å²) in [6, 6.07) is 11.2. The number of thioether (sulfide) groups is 1. The molecule has 0 aliphatic carbocycles. The highest BCUT2D eigenvalue weighted by Crippen LogP contribution is 2.30. The first-order chi connectivity index (χ1) is 14.8. The van der Waals surface area contributed by atoms with Gasteiger partial charge in [-0.25, -0.2) is 0 Å². The van der Waals surface area contributed by atoms with Gasteiger partial charge in [0.05, 0.1) is 21.5 Å². The summed E-state index contributed by atoms with van der Waals surface area (Å²) in [4.78, 5) is 12.4. The Balaban J connectivity index is 1.67. The molecule has 0 saturated carbocycles. The number of amides is 1. The molecule has 9 heteroatoms. The largest absolute Gasteiger partial charge is 0.483 e. The van der Waals surface area contributed by atoms with Gasteiger partial charge < -0.3 is 14.6 Å². The van der Waals surface area contributed by atoms with Crippen LogP contribution >= 0.6 is 35.0 Å². The van der Waals surface area contributed by atoms with Gasteiger partial charge in [0.1, 0.15) is 5.75 Å². The second-order valence-electron chi connectivity index (χ2n) is 7.10. The van der Waals surface area contributed by atoms with Gasteiger partial charge >= 0.3 is 0 Å². The van der Waals surface area contributed by atoms with Crippen LogP contribution in [0.15, 0.2) is 41.6 Å². The lowest BCUT2D eigenvalue weighted by atomic mass is 10.1. The first-order valence-corrected chi connectivity index (χ1v) is 11.6. The summed E-state index contributed by atoms with van der Waals surface area (Å²) >= 11 is 13.5. The van der Waals surface area contributed by atoms with Crippen LogP contribution in [0.4, 0.5) is 5.69 Å². The fourth-order valence-electron chi connectivity index (χ4n) is 3.19. The molecule has 1 heterocycles. The van der Waals surface area contributed by atoms with Gasteiger partial charge in [-0.05, 0) is 63.1 Å². The summed E-state index contributed by atoms with van der Waals surface area (Å²) in [7, 11) is 0. The SMILES string of the molecule is CCn1c(SCC(=O)Nc2c(Cl)cccc2Cl)nnc1C(C)Oc1cc(C)cc(C)c1. The molecule has 0 radical (unpaired) electrons. The molecule has 1 unspecified atom stereocenters. The van der Waals surface area contributed by atoms with E-state index < -0.39 is 0 Å². The lowest BCUT2D eigenvalue weighted by Gasteiger charge is -2.16. The van der Waals surface area contributed by atoms with E-state index in [0.29, 0.717) is 33.3 Å². The van der Waals surface area contributed by atoms with E-state index >= 15 is 0 Å². The molecule has 0 aliphatic rings. The number of nitrogens with one attached hydrogen (secondary N) is 1. The van der Waals surface area contributed by atoms with Crippen LogP contribution in [0.5, 0.6) is 5.75 Å². The Morgan fingerprint density at radius 3 is 2.42 bits per heavy atom. The summed E-state index contributed by atoms with van der Waals surface area (Å²) in [5.41, 5.74) is 2.68. The number of rotatable bonds is 8. The number of anilines is 1. The van der Waals surface area contributed by atoms with E-state index in [-0.39, 0.29) is 17.8 Å². The number of hydrogen-bond donors (Lipinski definition) is 1. The summed E-state index contributed by atoms with van der Waals surface area (Å²) in [6.45, 7) is 8.67. The summed E-state index contributed by atoms with van der Waals surface area (Å²) in [6.07, 6.45) is -0.293. The van der Waals surface area contributed by atoms with Crippen LogP contribution in [-0.2, 0) is 11.3 Å². The molecule has 0 spiro atoms. The quantitative estimate of drug-likeness (QED) is 0.396. The van der Waals surface area contributed by atoms with Crippen LogP contribution in [-0.4, -0.2) is 26.4 Å². The van der Waals surface area contributed by atoms with Gasteiger partial charge in [0, 0.05) is 6.54 Å². The zero-order valence-corrected chi connectivity index (χ0v) is 20.1. The molecular weight excluding hydrogens is 455 g/mol. The van der Waals surface area contributed by atoms with Gasteiger partial charge in [-0.1, -0.05) is 47.1 Å². The van der Waals surface area contributed by atoms with E-state index in [9.17, 15) is 4.79 Å². The molecule has 0 saturated heterocycles. The first-order valence-electron chi connectivity index (χ1n) is 9.83. The van der Waals surface area contributed by atoms with Crippen LogP contribution < -0.4 is 10.1 Å². The number of aryl methyl sites for hydroxylation is 2. The molecule has 2 aromatic carbocycles. The number of benzene rings is 2. The van der Waals surface area contributed by atoms with Gasteiger partial charge in [0.2, 0.25) is 5.91 Å². The second-order valence-corrected chi connectivity index (χ2v) is 8.86. The van der Waals surface area contributed by atoms with Crippen molar-refractivity contribution in [2.45, 2.75) is 45.5 Å². The van der Waals surface area contributed by atoms with Crippen molar-refractivity contribution in [2.24, 2.45) is 0 Å². The summed E-state index contributed by atoms with van der Waals surface area (Å²) < 4.78 is 8.06. The van der Waals surface area contributed by atoms with Gasteiger partial charge in [-0.2, -0.15) is 0 Å². The van der Waals surface area contributed by atoms with Crippen molar-refractivity contribution in [1.82, 2.24) is 14.8 Å². The van der Waals surface area contributed by atoms with Crippen molar-refractivity contribution in [2.75, 3.05) is 11.1 Å². The molecule has 1 atom stereocenters. The minimum Gasteiger partial charge on any atom is -0.483 e. The molecule has 1 aromatic heterocycles. The van der Waals surface area contributed by atoms with Crippen molar-refractivity contribution in [3.63, 3.8) is 0 Å². The lowest BCUT2D eigenvalue weighted by molar-refractivity contribution is -0.113. The third-order valence-corrected chi connectivity index (χ3v) is 6.09. The molecule has 1 amide bonds. The Morgan fingerprint density at radius 2 is 1.81 bits per heavy atom. The number of nitrogens with zero attached hydrogens (tertiary/aromatic N) is 3. The van der Waals surface area contributed by atoms with Crippen LogP contribution in [0.25, 0.3) is 0 Å². The highest BCUT2D eigenvalue weighted by Gasteiger charge is 2.20. The van der Waals surface area contributed by atoms with Crippen LogP contribution in [0.1, 0.15) is 36.9 Å². The Labute approximate surface area is 196 Å². The average molecular weight is 479 g/mol. The molecule has 31 heavy (non-hydrogen) atoms. The zero-order chi connectivity index (χ0) is 22.5. The van der Waals surface area contributed by atoms with Gasteiger partial charge in [-0.15, -0.1) is 10.2 Å². The Kier molecular flexibility index (Phi) is 7.86. The second kappa shape index (κ2) is 10.4. The van der Waals surface area contributed by atoms with E-state index in [0.717, 1.165) is 16.9 Å². The molecule has 1 N–H and O–H groups in total. The van der Waals surface area contributed by atoms with Crippen molar-refractivity contribution in [3.8, 4) is 5.75 Å². The van der Waals surface area contributed by atoms with E-state index in [4.69, 9.17) is 27.9 Å². The molecule has 3 aromatic rings. The number of aromatic nitrogens is 3. The average Bonchev–Trinajstić information content (AvgIpc) is 3.11. The number of carbonyl (C=O) groups is 1. The molecule has 0 fully saturated rings. The van der Waals surface area contributed by atoms with Crippen molar-refractivity contribution in [3.05, 3.63) is 63.4 Å². The van der Waals surface area contributed by atoms with Crippen LogP contribution in [0.2, 0.25) is 10.0 Å². The van der Waals surface area contributed by atoms with Crippen molar-refractivity contribution in [1.29, 1.82) is 0 Å². The Hall–Kier alpha value is -2.22. The van der Waals surface area contributed by atoms with Crippen molar-refractivity contribution < 1.29 is 9.53 Å². The predicted molar refractivity (Wildman–Crippen MR) is 126 cm³/mol. The molecular formula is C22H24Cl2N4O2S. The molecule has 6 nitrogen and oxygen atoms in total. The zero-order valence-electron chi connectivity index (χ0n) is 17.8. The van der Waals surface area contributed by atoms with Gasteiger partial charge in [-0.3, -0.25) is 4.79 Å². The van der Waals surface area contributed by atoms with E-state index in [1.807, 2.05) is 44.4 Å². The molecule has 0 aliphatic heterocycles. The maximum absolute atomic E-state index is 12.4. The van der Waals surface area contributed by atoms with Gasteiger partial charge in [0.15, 0.2) is 17.1 Å². The molecule has 3 rings (SSSR count). The molecule has 164 valence electrons. The van der Waals surface area contributed by atoms with Gasteiger partial charge in [0.25, 0.3) is 0 Å². The normalized spacial score (nSPS) is 11.9. The highest BCUT2D eigenvalue weighted by molar-refractivity contribution is 7.99. The number of ether oxygens (including phenoxy) is 1. The van der Waals surface area contributed by atoms with Crippen LogP contribution in [0.3, 0.4) is 0 Å². The standard InChI is InChI=1S/C22H24Cl2N4O2S/c1-5-28-21(15(4)30-16-10-13(2)9-14(3)11-16)26-27-22(28)31-12-19(29)25-20-17(23)7-6-8-18(20)24/h6-11,15H,5,12H2,1-4H3,(H,25,29). The minimum absolute atomic E-state index is 0.145. The minimum atomic E-state index is -0.293. The maximum atomic E-state index is 12.4. The number of carbonyl (C=O) groups excluding carboxylic acids is 1. The topological polar surface area (TPSA) is 69.0 Å². The highest BCUT2D eigenvalue weighted by atomic mass is 35.5. The number of halogens is 2. The van der Waals surface area contributed by atoms with E-state index in [1.165, 1.54) is 11.8 Å². The number of hydrogen-bond acceptors (Lipinski definition) is 5. The smallest absolute Gasteiger partial charge is 0.234 e. The third-order valence-electron chi connectivity index (χ3n) is 4.49. The fraction of sp³-hybridized carbons (Fsp3) is 0.318. The predicted octanol–water partition coefficient (Wildman–Crippen LogP) is 6.09. The lowest BCUT2D eigenvalue weighted by Crippen LogP contribution is -2.16. The third kappa shape index (κ3) is 5.93. The summed E-state index contributed by atoms with van der Waals surface area (Å²) in [5.74, 6) is 1.41. The molecule has 0 bridgehead atoms. The van der Waals surface area contributed by atoms with Crippen molar-refractivity contribution >= 4 is 46.6 Å². The summed E-state index contributed by atoms with van der Waals surface area (Å²) in [5, 5.41) is 12.8. The Morgan fingerprint density at radius 1 is 1.16 bits per heavy atom. The Bertz CT molecular complexity index is 1050. The van der Waals surface area contributed by atoms with E-state index in [1.54, 1.807) is 18.2 Å². The number of para-hydroxylation sites is 1. The van der Waals surface area contributed by atoms with Crippen LogP contribution in [0, 0.1) is 13.8 Å². The monoisotopic (exact) mass is 478 g/mol. The van der Waals surface area contributed by atoms with E-state index in [2.05, 4.69) is 21.6 Å².